The number of hydrogen-bond acceptors (Lipinski definition) is 14. The van der Waals surface area contributed by atoms with Crippen LogP contribution >= 0.6 is 0 Å². The molecule has 0 aliphatic rings. The van der Waals surface area contributed by atoms with Crippen molar-refractivity contribution in [3.63, 3.8) is 0 Å². The van der Waals surface area contributed by atoms with Gasteiger partial charge in [-0.05, 0) is 166 Å². The molecule has 0 spiro atoms. The van der Waals surface area contributed by atoms with E-state index in [2.05, 4.69) is 144 Å². The molecule has 0 fully saturated rings. The number of rotatable bonds is 37. The van der Waals surface area contributed by atoms with Crippen molar-refractivity contribution >= 4 is 65.0 Å². The summed E-state index contributed by atoms with van der Waals surface area (Å²) in [5.74, 6) is 4.23. The van der Waals surface area contributed by atoms with Gasteiger partial charge < -0.3 is 74.4 Å². The molecular weight excluding hydrogens is 1380 g/mol. The number of amides is 11. The number of nitrogens with one attached hydrogen (secondary N) is 14. The van der Waals surface area contributed by atoms with Crippen molar-refractivity contribution in [3.8, 4) is 0 Å². The standard InChI is InChI=1S/C10H21NO.C9H18N2O2.2C9H20N2O.C9H19NO.C8H18N2O.2C8H17NO.2C7H15NO/c1-8(2)6-5-7-11-10(12)9(3)4;1-6(2)9(13)10-5-8(12)11-7(3)4;1-7(2)5-10-6-9(12)11-8(3)4;1-7(2)10-6-5-9(12)11-8(3)4;1-7(2)5-6-9(11)10-8(3)4;1-6(2)9-5-8(11)10-7(3)4;1-6(2)5-9-8(10)7(3)4;1-6(2)5-8(10)9-7(3)4;2*1-5(2)7(9)8-6(3)4/h8-9H,5-7H2,1-4H3,(H,11,12);6-7H,5H2,1-4H3,(H,10,13)(H,11,12);2*7-8,10H,5-6H2,1-4H3,(H,11,12);7-8H,5-6H2,1-4H3,(H,10,11);6-7,9H,5H2,1-4H3,(H,10,11);2*6-7H,5H2,1-4H3,(H,9,10);2*5-6H,1-4H3,(H,8,9). The van der Waals surface area contributed by atoms with Crippen molar-refractivity contribution < 1.29 is 52.7 Å². The van der Waals surface area contributed by atoms with Gasteiger partial charge >= 0.3 is 0 Å². The second-order valence-corrected chi connectivity index (χ2v) is 34.1. The summed E-state index contributed by atoms with van der Waals surface area (Å²) in [4.78, 5) is 121. The first-order valence-corrected chi connectivity index (χ1v) is 41.1. The highest BCUT2D eigenvalue weighted by Gasteiger charge is 2.13. The van der Waals surface area contributed by atoms with Crippen molar-refractivity contribution in [3.05, 3.63) is 0 Å². The average Bonchev–Trinajstić information content (AvgIpc) is 1.10. The zero-order chi connectivity index (χ0) is 88.0. The molecule has 0 aliphatic heterocycles. The van der Waals surface area contributed by atoms with E-state index in [1.54, 1.807) is 13.8 Å². The van der Waals surface area contributed by atoms with Gasteiger partial charge in [0.2, 0.25) is 65.0 Å². The summed E-state index contributed by atoms with van der Waals surface area (Å²) < 4.78 is 0. The van der Waals surface area contributed by atoms with Gasteiger partial charge in [0, 0.05) is 129 Å². The quantitative estimate of drug-likeness (QED) is 0.0257. The van der Waals surface area contributed by atoms with Gasteiger partial charge in [0.1, 0.15) is 0 Å². The molecule has 25 nitrogen and oxygen atoms in total. The molecule has 0 rings (SSSR count). The first-order chi connectivity index (χ1) is 49.7. The van der Waals surface area contributed by atoms with Crippen molar-refractivity contribution in [1.82, 2.24) is 74.4 Å². The molecule has 11 amide bonds. The molecule has 0 radical (unpaired) electrons. The van der Waals surface area contributed by atoms with Gasteiger partial charge in [-0.3, -0.25) is 52.7 Å². The third-order valence-electron chi connectivity index (χ3n) is 12.5. The van der Waals surface area contributed by atoms with E-state index < -0.39 is 0 Å². The van der Waals surface area contributed by atoms with Gasteiger partial charge in [-0.1, -0.05) is 166 Å². The van der Waals surface area contributed by atoms with Crippen molar-refractivity contribution in [1.29, 1.82) is 0 Å². The Hall–Kier alpha value is -5.95. The smallest absolute Gasteiger partial charge is 0.239 e. The van der Waals surface area contributed by atoms with Crippen molar-refractivity contribution in [2.24, 2.45) is 59.2 Å². The predicted molar refractivity (Wildman–Crippen MR) is 460 cm³/mol. The second-order valence-electron chi connectivity index (χ2n) is 34.1. The monoisotopic (exact) mass is 1560 g/mol. The van der Waals surface area contributed by atoms with Crippen molar-refractivity contribution in [2.75, 3.05) is 45.8 Å². The Morgan fingerprint density at radius 3 is 0.807 bits per heavy atom. The van der Waals surface area contributed by atoms with Crippen LogP contribution in [0.3, 0.4) is 0 Å². The van der Waals surface area contributed by atoms with Crippen LogP contribution in [0.25, 0.3) is 0 Å². The van der Waals surface area contributed by atoms with E-state index in [1.165, 1.54) is 6.42 Å². The lowest BCUT2D eigenvalue weighted by Gasteiger charge is -2.10. The molecule has 0 heterocycles. The maximum Gasteiger partial charge on any atom is 0.239 e. The van der Waals surface area contributed by atoms with Crippen LogP contribution in [-0.4, -0.2) is 171 Å². The number of carbonyl (C=O) groups is 11. The van der Waals surface area contributed by atoms with Gasteiger partial charge in [0.05, 0.1) is 19.6 Å². The Morgan fingerprint density at radius 1 is 0.220 bits per heavy atom. The number of hydrogen-bond donors (Lipinski definition) is 14. The lowest BCUT2D eigenvalue weighted by atomic mass is 10.1. The van der Waals surface area contributed by atoms with Crippen LogP contribution in [-0.2, 0) is 52.7 Å². The minimum Gasteiger partial charge on any atom is -0.356 e. The fourth-order valence-electron chi connectivity index (χ4n) is 7.03. The van der Waals surface area contributed by atoms with E-state index in [0.717, 1.165) is 44.9 Å². The van der Waals surface area contributed by atoms with Crippen LogP contribution in [0.4, 0.5) is 0 Å². The molecular formula is C84H180N14O11. The normalized spacial score (nSPS) is 10.6. The molecule has 0 aromatic carbocycles. The minimum absolute atomic E-state index is 0.0636. The Kier molecular flexibility index (Phi) is 91.1. The summed E-state index contributed by atoms with van der Waals surface area (Å²) in [6, 6.07) is 2.72. The molecule has 0 aromatic rings. The Bertz CT molecular complexity index is 2150. The molecule has 14 N–H and O–H groups in total. The third-order valence-corrected chi connectivity index (χ3v) is 12.5. The van der Waals surface area contributed by atoms with E-state index in [-0.39, 0.29) is 149 Å². The van der Waals surface area contributed by atoms with E-state index in [0.29, 0.717) is 68.1 Å². The SMILES string of the molecule is CC(C)CC(=O)NC(C)C.CC(C)CCC(=O)NC(C)C.CC(C)CCCNC(=O)C(C)C.CC(C)CNC(=O)C(C)C.CC(C)CNCC(=O)NC(C)C.CC(C)NC(=O)C(C)C.CC(C)NC(=O)C(C)C.CC(C)NC(=O)CNC(=O)C(C)C.CC(C)NCC(=O)NC(C)C.CC(C)NCCC(=O)NC(C)C. The van der Waals surface area contributed by atoms with Gasteiger partial charge in [0.25, 0.3) is 0 Å². The largest absolute Gasteiger partial charge is 0.356 e. The van der Waals surface area contributed by atoms with Crippen molar-refractivity contribution in [2.45, 2.75) is 376 Å². The second kappa shape index (κ2) is 80.1. The molecule has 109 heavy (non-hydrogen) atoms. The maximum absolute atomic E-state index is 11.1. The van der Waals surface area contributed by atoms with E-state index in [9.17, 15) is 52.7 Å². The predicted octanol–water partition coefficient (Wildman–Crippen LogP) is 11.9. The van der Waals surface area contributed by atoms with Gasteiger partial charge in [-0.25, -0.2) is 0 Å². The maximum atomic E-state index is 11.1. The summed E-state index contributed by atoms with van der Waals surface area (Å²) >= 11 is 0. The van der Waals surface area contributed by atoms with Crippen LogP contribution in [0.2, 0.25) is 0 Å². The Labute approximate surface area is 670 Å². The Morgan fingerprint density at radius 2 is 0.514 bits per heavy atom. The first kappa shape index (κ1) is 124. The zero-order valence-corrected chi connectivity index (χ0v) is 77.7. The summed E-state index contributed by atoms with van der Waals surface area (Å²) in [5.41, 5.74) is 0. The van der Waals surface area contributed by atoms with Gasteiger partial charge in [-0.15, -0.1) is 0 Å². The van der Waals surface area contributed by atoms with Crippen LogP contribution in [0, 0.1) is 59.2 Å². The lowest BCUT2D eigenvalue weighted by molar-refractivity contribution is -0.128. The highest BCUT2D eigenvalue weighted by molar-refractivity contribution is 5.85. The molecule has 25 heteroatoms. The van der Waals surface area contributed by atoms with E-state index in [1.807, 2.05) is 194 Å². The zero-order valence-electron chi connectivity index (χ0n) is 77.7. The molecule has 0 aromatic heterocycles. The molecule has 652 valence electrons. The molecule has 0 saturated carbocycles. The van der Waals surface area contributed by atoms with E-state index >= 15 is 0 Å². The topological polar surface area (TPSA) is 356 Å². The molecule has 0 unspecified atom stereocenters. The van der Waals surface area contributed by atoms with Gasteiger partial charge in [-0.2, -0.15) is 0 Å². The molecule has 0 aliphatic carbocycles. The summed E-state index contributed by atoms with van der Waals surface area (Å²) in [5, 5.41) is 40.0. The average molecular weight is 1560 g/mol. The lowest BCUT2D eigenvalue weighted by Crippen LogP contribution is -2.40. The van der Waals surface area contributed by atoms with Crippen LogP contribution in [0.5, 0.6) is 0 Å². The molecule has 0 bridgehead atoms. The summed E-state index contributed by atoms with van der Waals surface area (Å²) in [7, 11) is 0. The fraction of sp³-hybridized carbons (Fsp3) is 0.869. The van der Waals surface area contributed by atoms with Crippen LogP contribution in [0.1, 0.15) is 315 Å². The highest BCUT2D eigenvalue weighted by Crippen LogP contribution is 2.04. The highest BCUT2D eigenvalue weighted by atomic mass is 16.2. The fourth-order valence-corrected chi connectivity index (χ4v) is 7.03. The number of carbonyl (C=O) groups excluding carboxylic acids is 11. The molecule has 0 saturated heterocycles. The first-order valence-electron chi connectivity index (χ1n) is 41.1. The minimum atomic E-state index is -0.149. The third kappa shape index (κ3) is 129. The summed E-state index contributed by atoms with van der Waals surface area (Å²) in [6.07, 6.45) is 5.14. The van der Waals surface area contributed by atoms with Gasteiger partial charge in [0.15, 0.2) is 0 Å². The Balaban J connectivity index is -0.000000125. The van der Waals surface area contributed by atoms with Crippen LogP contribution < -0.4 is 74.4 Å². The van der Waals surface area contributed by atoms with E-state index in [4.69, 9.17) is 0 Å². The summed E-state index contributed by atoms with van der Waals surface area (Å²) in [6.45, 7) is 83.5. The molecule has 0 atom stereocenters. The van der Waals surface area contributed by atoms with Crippen LogP contribution in [0.15, 0.2) is 0 Å².